The van der Waals surface area contributed by atoms with E-state index in [4.69, 9.17) is 0 Å². The van der Waals surface area contributed by atoms with Crippen LogP contribution in [0, 0.1) is 0 Å². The van der Waals surface area contributed by atoms with E-state index in [0.29, 0.717) is 55.8 Å². The highest BCUT2D eigenvalue weighted by Crippen LogP contribution is 2.37. The molecule has 4 aliphatic carbocycles. The number of thiophene rings is 4. The molecule has 4 aliphatic heterocycles. The molecule has 72 heavy (non-hydrogen) atoms. The Morgan fingerprint density at radius 2 is 0.833 bits per heavy atom. The summed E-state index contributed by atoms with van der Waals surface area (Å²) in [6, 6.07) is 6.13. The first-order chi connectivity index (χ1) is 34.7. The molecule has 13 nitrogen and oxygen atoms in total. The molecule has 4 aromatic rings. The first-order valence-corrected chi connectivity index (χ1v) is 28.4. The number of carbonyl (C=O) groups excluding carboxylic acids is 9. The highest BCUT2D eigenvalue weighted by atomic mass is 32.1. The molecule has 8 heterocycles. The predicted octanol–water partition coefficient (Wildman–Crippen LogP) is 10.6. The van der Waals surface area contributed by atoms with E-state index in [-0.39, 0.29) is 77.2 Å². The fourth-order valence-corrected chi connectivity index (χ4v) is 14.4. The normalized spacial score (nSPS) is 24.3. The van der Waals surface area contributed by atoms with Crippen molar-refractivity contribution in [1.29, 1.82) is 0 Å². The summed E-state index contributed by atoms with van der Waals surface area (Å²) in [5, 5.41) is 7.57. The molecule has 4 aromatic heterocycles. The lowest BCUT2D eigenvalue weighted by molar-refractivity contribution is -0.124. The van der Waals surface area contributed by atoms with E-state index in [9.17, 15) is 43.2 Å². The Morgan fingerprint density at radius 1 is 0.389 bits per heavy atom. The van der Waals surface area contributed by atoms with E-state index in [1.807, 2.05) is 34.3 Å². The van der Waals surface area contributed by atoms with Crippen molar-refractivity contribution in [3.8, 4) is 0 Å². The number of allylic oxidation sites excluding steroid dienone is 3. The third-order valence-corrected chi connectivity index (χ3v) is 18.5. The number of hydrogen-bond donors (Lipinski definition) is 0. The summed E-state index contributed by atoms with van der Waals surface area (Å²) in [6.45, 7) is 13.5. The smallest absolute Gasteiger partial charge is 0.272 e. The van der Waals surface area contributed by atoms with Gasteiger partial charge in [0, 0.05) is 42.0 Å². The van der Waals surface area contributed by atoms with Crippen LogP contribution in [0.2, 0.25) is 0 Å². The molecule has 0 N–H and O–H groups in total. The molecular formula is C55H58N4O9S4. The first kappa shape index (κ1) is 51.2. The van der Waals surface area contributed by atoms with Crippen molar-refractivity contribution in [2.24, 2.45) is 0 Å². The van der Waals surface area contributed by atoms with Crippen molar-refractivity contribution in [3.05, 3.63) is 124 Å². The maximum absolute atomic E-state index is 12.3. The van der Waals surface area contributed by atoms with Crippen LogP contribution < -0.4 is 0 Å². The summed E-state index contributed by atoms with van der Waals surface area (Å²) in [4.78, 5) is 120. The molecule has 4 fully saturated rings. The highest BCUT2D eigenvalue weighted by molar-refractivity contribution is 7.13. The van der Waals surface area contributed by atoms with E-state index < -0.39 is 6.04 Å². The largest absolute Gasteiger partial charge is 0.324 e. The van der Waals surface area contributed by atoms with Crippen molar-refractivity contribution in [2.75, 3.05) is 0 Å². The van der Waals surface area contributed by atoms with Gasteiger partial charge in [0.15, 0.2) is 23.1 Å². The van der Waals surface area contributed by atoms with Gasteiger partial charge in [-0.25, -0.2) is 0 Å². The molecule has 0 radical (unpaired) electrons. The van der Waals surface area contributed by atoms with Crippen LogP contribution in [0.1, 0.15) is 175 Å². The second-order valence-electron chi connectivity index (χ2n) is 19.7. The monoisotopic (exact) mass is 1050 g/mol. The van der Waals surface area contributed by atoms with Crippen molar-refractivity contribution in [2.45, 2.75) is 153 Å². The van der Waals surface area contributed by atoms with Gasteiger partial charge in [-0.3, -0.25) is 48.1 Å². The van der Waals surface area contributed by atoms with Crippen molar-refractivity contribution in [3.63, 3.8) is 0 Å². The molecule has 4 atom stereocenters. The van der Waals surface area contributed by atoms with Crippen LogP contribution in [0.4, 0.5) is 0 Å². The third kappa shape index (κ3) is 10.5. The van der Waals surface area contributed by atoms with E-state index in [1.165, 1.54) is 22.7 Å². The van der Waals surface area contributed by atoms with Crippen LogP contribution in [0.5, 0.6) is 0 Å². The fourth-order valence-electron chi connectivity index (χ4n) is 11.0. The van der Waals surface area contributed by atoms with E-state index >= 15 is 0 Å². The third-order valence-electron chi connectivity index (χ3n) is 14.8. The summed E-state index contributed by atoms with van der Waals surface area (Å²) >= 11 is 5.95. The molecule has 4 saturated carbocycles. The van der Waals surface area contributed by atoms with Crippen molar-refractivity contribution >= 4 is 98.0 Å². The number of nitrogens with zero attached hydrogens (tertiary/aromatic N) is 4. The van der Waals surface area contributed by atoms with Gasteiger partial charge in [-0.05, 0) is 122 Å². The summed E-state index contributed by atoms with van der Waals surface area (Å²) < 4.78 is 0. The molecule has 0 aromatic carbocycles. The maximum atomic E-state index is 12.3. The van der Waals surface area contributed by atoms with Gasteiger partial charge in [-0.2, -0.15) is 0 Å². The average molecular weight is 1050 g/mol. The average Bonchev–Trinajstić information content (AvgIpc) is 4.23. The number of fused-ring (bicyclic) bond motifs is 4. The topological polar surface area (TPSA) is 167 Å². The Hall–Kier alpha value is -5.75. The molecule has 5 amide bonds. The fraction of sp³-hybridized carbons (Fsp3) is 0.436. The summed E-state index contributed by atoms with van der Waals surface area (Å²) in [7, 11) is 0. The number of Topliss-reactive ketones (excluding diaryl/α,β-unsaturated/α-hetero) is 4. The second-order valence-corrected chi connectivity index (χ2v) is 23.6. The van der Waals surface area contributed by atoms with Crippen molar-refractivity contribution < 1.29 is 43.2 Å². The van der Waals surface area contributed by atoms with E-state index in [2.05, 4.69) is 19.7 Å². The minimum atomic E-state index is -0.612. The highest BCUT2D eigenvalue weighted by Gasteiger charge is 2.44. The Labute approximate surface area is 435 Å². The summed E-state index contributed by atoms with van der Waals surface area (Å²) in [5.41, 5.74) is 6.00. The van der Waals surface area contributed by atoms with Gasteiger partial charge in [0.05, 0.1) is 58.8 Å². The lowest BCUT2D eigenvalue weighted by atomic mass is 10.1. The first-order valence-electron chi connectivity index (χ1n) is 24.9. The lowest BCUT2D eigenvalue weighted by Crippen LogP contribution is -2.44. The van der Waals surface area contributed by atoms with Gasteiger partial charge in [0.2, 0.25) is 0 Å². The molecule has 12 rings (SSSR count). The lowest BCUT2D eigenvalue weighted by Gasteiger charge is -2.25. The second kappa shape index (κ2) is 22.2. The maximum Gasteiger partial charge on any atom is 0.272 e. The zero-order valence-corrected chi connectivity index (χ0v) is 43.6. The SMILES string of the molecule is C=C1CCC[C@H](N2C(=O)c3ccsc3C2=O)C(=O)C1.C=C1CCC[C@H](N2Cc3ccsc3C2=O)C(=O)C1.C=C1CCC[C@H](N2Cc3sccc3C2=O)C(=O)C1.O=C1CCCCC[C@@H]1N1Cc2sccc2C1=O. The molecular weight excluding hydrogens is 989 g/mol. The zero-order chi connectivity index (χ0) is 50.8. The standard InChI is InChI=1S/C14H13NO3S.2C14H15NO2S.C13H15NO2S/c1-8-3-2-4-10(11(16)7-8)15-13(17)9-5-6-19-12(9)14(15)18;1-9-3-2-4-11(12(16)7-9)15-8-13-10(14(15)17)5-6-18-13;1-9-3-2-4-11(12(16)7-9)15-8-10-5-6-18-13(10)14(15)17;15-11-5-3-1-2-4-10(11)14-8-12-9(13(14)16)6-7-17-12/h5-6,10H,1-4,7H2;2*5-6,11H,1-4,7-8H2;6-7,10H,1-5,8H2/t10-;2*11-;10-/m0000/s1. The van der Waals surface area contributed by atoms with Crippen LogP contribution >= 0.6 is 45.3 Å². The number of imide groups is 1. The van der Waals surface area contributed by atoms with Crippen LogP contribution in [0.15, 0.2) is 82.2 Å². The summed E-state index contributed by atoms with van der Waals surface area (Å²) in [5.74, 6) is -0.0372. The van der Waals surface area contributed by atoms with Crippen molar-refractivity contribution in [1.82, 2.24) is 19.6 Å². The Kier molecular flexibility index (Phi) is 15.7. The van der Waals surface area contributed by atoms with Crippen LogP contribution in [-0.4, -0.2) is 96.4 Å². The van der Waals surface area contributed by atoms with Gasteiger partial charge < -0.3 is 14.7 Å². The Bertz CT molecular complexity index is 2770. The molecule has 8 aliphatic rings. The summed E-state index contributed by atoms with van der Waals surface area (Å²) in [6.07, 6.45) is 13.2. The Balaban J connectivity index is 0.000000119. The van der Waals surface area contributed by atoms with Gasteiger partial charge in [-0.1, -0.05) is 49.3 Å². The quantitative estimate of drug-likeness (QED) is 0.110. The minimum absolute atomic E-state index is 0.0251. The van der Waals surface area contributed by atoms with Gasteiger partial charge in [0.25, 0.3) is 29.5 Å². The number of carbonyl (C=O) groups is 9. The van der Waals surface area contributed by atoms with E-state index in [0.717, 1.165) is 130 Å². The van der Waals surface area contributed by atoms with Gasteiger partial charge in [-0.15, -0.1) is 45.3 Å². The number of amides is 5. The molecule has 0 saturated heterocycles. The number of rotatable bonds is 4. The minimum Gasteiger partial charge on any atom is -0.324 e. The van der Waals surface area contributed by atoms with Gasteiger partial charge >= 0.3 is 0 Å². The molecule has 0 unspecified atom stereocenters. The number of ketones is 4. The van der Waals surface area contributed by atoms with Crippen LogP contribution in [0.3, 0.4) is 0 Å². The molecule has 0 bridgehead atoms. The van der Waals surface area contributed by atoms with Gasteiger partial charge in [0.1, 0.15) is 4.88 Å². The van der Waals surface area contributed by atoms with Crippen LogP contribution in [-0.2, 0) is 38.8 Å². The predicted molar refractivity (Wildman–Crippen MR) is 278 cm³/mol. The zero-order valence-electron chi connectivity index (χ0n) is 40.3. The number of hydrogen-bond acceptors (Lipinski definition) is 13. The molecule has 0 spiro atoms. The van der Waals surface area contributed by atoms with E-state index in [1.54, 1.807) is 48.8 Å². The molecule has 17 heteroatoms. The molecule has 376 valence electrons. The Morgan fingerprint density at radius 3 is 1.36 bits per heavy atom. The van der Waals surface area contributed by atoms with Crippen LogP contribution in [0.25, 0.3) is 0 Å².